The molecule has 0 heterocycles. The van der Waals surface area contributed by atoms with Crippen molar-refractivity contribution < 1.29 is 9.53 Å². The maximum atomic E-state index is 11.6. The van der Waals surface area contributed by atoms with Crippen LogP contribution in [0.25, 0.3) is 0 Å². The Kier molecular flexibility index (Phi) is 5.38. The Labute approximate surface area is 126 Å². The van der Waals surface area contributed by atoms with Gasteiger partial charge in [0.05, 0.1) is 18.6 Å². The summed E-state index contributed by atoms with van der Waals surface area (Å²) < 4.78 is 4.76. The smallest absolute Gasteiger partial charge is 0.305 e. The third-order valence-electron chi connectivity index (χ3n) is 4.74. The first-order valence-electron chi connectivity index (χ1n) is 7.76. The van der Waals surface area contributed by atoms with Gasteiger partial charge in [-0.1, -0.05) is 49.6 Å². The Bertz CT molecular complexity index is 500. The van der Waals surface area contributed by atoms with Crippen LogP contribution in [0, 0.1) is 17.2 Å². The van der Waals surface area contributed by atoms with Gasteiger partial charge in [-0.25, -0.2) is 0 Å². The van der Waals surface area contributed by atoms with Crippen LogP contribution >= 0.6 is 0 Å². The average molecular weight is 285 g/mol. The summed E-state index contributed by atoms with van der Waals surface area (Å²) in [7, 11) is 1.40. The molecule has 1 aromatic rings. The van der Waals surface area contributed by atoms with Gasteiger partial charge < -0.3 is 4.74 Å². The Morgan fingerprint density at radius 2 is 1.95 bits per heavy atom. The quantitative estimate of drug-likeness (QED) is 0.769. The number of hydrogen-bond acceptors (Lipinski definition) is 3. The van der Waals surface area contributed by atoms with Crippen LogP contribution < -0.4 is 0 Å². The molecule has 2 rings (SSSR count). The Balaban J connectivity index is 2.31. The molecule has 0 saturated heterocycles. The van der Waals surface area contributed by atoms with Crippen molar-refractivity contribution in [1.29, 1.82) is 5.26 Å². The number of carbonyl (C=O) groups excluding carboxylic acids is 1. The molecule has 0 aromatic heterocycles. The number of methoxy groups -OCH3 is 1. The van der Waals surface area contributed by atoms with Crippen LogP contribution in [-0.2, 0) is 14.9 Å². The molecular weight excluding hydrogens is 262 g/mol. The van der Waals surface area contributed by atoms with Gasteiger partial charge >= 0.3 is 5.97 Å². The molecular formula is C18H23NO2. The molecule has 1 fully saturated rings. The van der Waals surface area contributed by atoms with Gasteiger partial charge in [0.2, 0.25) is 0 Å². The Hall–Kier alpha value is -1.82. The molecule has 1 atom stereocenters. The zero-order valence-electron chi connectivity index (χ0n) is 12.7. The molecule has 0 bridgehead atoms. The number of nitrogens with zero attached hydrogens (tertiary/aromatic N) is 1. The molecule has 0 radical (unpaired) electrons. The molecule has 1 aliphatic rings. The second-order valence-electron chi connectivity index (χ2n) is 5.86. The van der Waals surface area contributed by atoms with Crippen LogP contribution in [0.1, 0.15) is 50.5 Å². The minimum absolute atomic E-state index is 0.235. The number of hydrogen-bond donors (Lipinski definition) is 0. The lowest BCUT2D eigenvalue weighted by Crippen LogP contribution is -2.36. The van der Waals surface area contributed by atoms with E-state index in [2.05, 4.69) is 6.07 Å². The van der Waals surface area contributed by atoms with Crippen molar-refractivity contribution in [1.82, 2.24) is 0 Å². The first-order valence-corrected chi connectivity index (χ1v) is 7.76. The molecule has 0 aliphatic heterocycles. The third kappa shape index (κ3) is 3.44. The predicted molar refractivity (Wildman–Crippen MR) is 81.6 cm³/mol. The molecule has 112 valence electrons. The molecule has 0 spiro atoms. The second kappa shape index (κ2) is 7.26. The Morgan fingerprint density at radius 1 is 1.29 bits per heavy atom. The first-order chi connectivity index (χ1) is 10.2. The van der Waals surface area contributed by atoms with E-state index in [1.54, 1.807) is 0 Å². The normalized spacial score (nSPS) is 18.5. The monoisotopic (exact) mass is 285 g/mol. The lowest BCUT2D eigenvalue weighted by atomic mass is 9.63. The fourth-order valence-electron chi connectivity index (χ4n) is 3.53. The number of ether oxygens (including phenoxy) is 1. The van der Waals surface area contributed by atoms with Crippen molar-refractivity contribution in [3.8, 4) is 6.07 Å². The van der Waals surface area contributed by atoms with Crippen molar-refractivity contribution in [3.63, 3.8) is 0 Å². The summed E-state index contributed by atoms with van der Waals surface area (Å²) in [5.41, 5.74) is 0.485. The van der Waals surface area contributed by atoms with Crippen LogP contribution in [0.5, 0.6) is 0 Å². The molecule has 0 amide bonds. The molecule has 1 aliphatic carbocycles. The zero-order valence-corrected chi connectivity index (χ0v) is 12.7. The van der Waals surface area contributed by atoms with Crippen LogP contribution in [-0.4, -0.2) is 13.1 Å². The van der Waals surface area contributed by atoms with Gasteiger partial charge in [-0.3, -0.25) is 4.79 Å². The van der Waals surface area contributed by atoms with E-state index in [9.17, 15) is 10.1 Å². The van der Waals surface area contributed by atoms with Gasteiger partial charge in [-0.2, -0.15) is 5.26 Å². The number of benzene rings is 1. The molecule has 1 saturated carbocycles. The highest BCUT2D eigenvalue weighted by molar-refractivity contribution is 5.69. The second-order valence-corrected chi connectivity index (χ2v) is 5.86. The Morgan fingerprint density at radius 3 is 2.52 bits per heavy atom. The number of esters is 1. The molecule has 0 unspecified atom stereocenters. The summed E-state index contributed by atoms with van der Waals surface area (Å²) in [4.78, 5) is 11.6. The molecule has 0 N–H and O–H groups in total. The predicted octanol–water partition coefficient (Wildman–Crippen LogP) is 3.98. The molecule has 3 nitrogen and oxygen atoms in total. The molecule has 1 aromatic carbocycles. The summed E-state index contributed by atoms with van der Waals surface area (Å²) in [5.74, 6) is 0.102. The van der Waals surface area contributed by atoms with Gasteiger partial charge in [0.1, 0.15) is 0 Å². The molecule has 21 heavy (non-hydrogen) atoms. The lowest BCUT2D eigenvalue weighted by Gasteiger charge is -2.38. The maximum absolute atomic E-state index is 11.6. The van der Waals surface area contributed by atoms with Gasteiger partial charge in [-0.15, -0.1) is 0 Å². The van der Waals surface area contributed by atoms with Gasteiger partial charge in [-0.05, 0) is 30.7 Å². The van der Waals surface area contributed by atoms with E-state index in [1.807, 2.05) is 30.3 Å². The maximum Gasteiger partial charge on any atom is 0.305 e. The van der Waals surface area contributed by atoms with Crippen molar-refractivity contribution in [2.75, 3.05) is 7.11 Å². The van der Waals surface area contributed by atoms with E-state index in [-0.39, 0.29) is 5.97 Å². The number of rotatable bonds is 5. The topological polar surface area (TPSA) is 50.1 Å². The minimum atomic E-state index is -0.560. The standard InChI is InChI=1S/C18H23NO2/c1-21-17(20)12-13-18(14-19,15-8-4-2-5-9-15)16-10-6-3-7-11-16/h2,4-5,8-9,16H,3,6-7,10-13H2,1H3/t18-/m0/s1. The fraction of sp³-hybridized carbons (Fsp3) is 0.556. The minimum Gasteiger partial charge on any atom is -0.469 e. The molecule has 3 heteroatoms. The first kappa shape index (κ1) is 15.6. The third-order valence-corrected chi connectivity index (χ3v) is 4.74. The van der Waals surface area contributed by atoms with E-state index in [0.29, 0.717) is 18.8 Å². The zero-order chi connectivity index (χ0) is 15.1. The van der Waals surface area contributed by atoms with E-state index in [0.717, 1.165) is 18.4 Å². The van der Waals surface area contributed by atoms with E-state index >= 15 is 0 Å². The number of nitriles is 1. The van der Waals surface area contributed by atoms with Crippen molar-refractivity contribution in [2.24, 2.45) is 5.92 Å². The lowest BCUT2D eigenvalue weighted by molar-refractivity contribution is -0.141. The SMILES string of the molecule is COC(=O)CC[C@](C#N)(c1ccccc1)C1CCCCC1. The van der Waals surface area contributed by atoms with E-state index in [1.165, 1.54) is 26.4 Å². The van der Waals surface area contributed by atoms with Gasteiger partial charge in [0.15, 0.2) is 0 Å². The van der Waals surface area contributed by atoms with Crippen LogP contribution in [0.3, 0.4) is 0 Å². The highest BCUT2D eigenvalue weighted by Crippen LogP contribution is 2.44. The van der Waals surface area contributed by atoms with Crippen molar-refractivity contribution in [3.05, 3.63) is 35.9 Å². The van der Waals surface area contributed by atoms with Crippen LogP contribution in [0.4, 0.5) is 0 Å². The van der Waals surface area contributed by atoms with E-state index < -0.39 is 5.41 Å². The van der Waals surface area contributed by atoms with Crippen molar-refractivity contribution in [2.45, 2.75) is 50.4 Å². The number of carbonyl (C=O) groups is 1. The van der Waals surface area contributed by atoms with Crippen LogP contribution in [0.15, 0.2) is 30.3 Å². The highest BCUT2D eigenvalue weighted by Gasteiger charge is 2.41. The van der Waals surface area contributed by atoms with Crippen LogP contribution in [0.2, 0.25) is 0 Å². The summed E-state index contributed by atoms with van der Waals surface area (Å²) in [6, 6.07) is 12.5. The highest BCUT2D eigenvalue weighted by atomic mass is 16.5. The fourth-order valence-corrected chi connectivity index (χ4v) is 3.53. The average Bonchev–Trinajstić information content (AvgIpc) is 2.57. The van der Waals surface area contributed by atoms with E-state index in [4.69, 9.17) is 4.74 Å². The van der Waals surface area contributed by atoms with Gasteiger partial charge in [0, 0.05) is 6.42 Å². The largest absolute Gasteiger partial charge is 0.469 e. The summed E-state index contributed by atoms with van der Waals surface area (Å²) in [6.45, 7) is 0. The summed E-state index contributed by atoms with van der Waals surface area (Å²) in [5, 5.41) is 9.97. The van der Waals surface area contributed by atoms with Crippen molar-refractivity contribution >= 4 is 5.97 Å². The summed E-state index contributed by atoms with van der Waals surface area (Å²) in [6.07, 6.45) is 6.61. The summed E-state index contributed by atoms with van der Waals surface area (Å²) >= 11 is 0. The van der Waals surface area contributed by atoms with Gasteiger partial charge in [0.25, 0.3) is 0 Å².